The van der Waals surface area contributed by atoms with E-state index in [9.17, 15) is 4.79 Å². The van der Waals surface area contributed by atoms with Crippen molar-refractivity contribution in [2.45, 2.75) is 24.5 Å². The molecule has 0 saturated carbocycles. The molecule has 5 rings (SSSR count). The zero-order valence-corrected chi connectivity index (χ0v) is 25.3. The number of carbonyl (C=O) groups excluding carboxylic acids is 1. The van der Waals surface area contributed by atoms with Crippen molar-refractivity contribution < 1.29 is 24.1 Å². The molecule has 0 radical (unpaired) electrons. The molecule has 2 heterocycles. The van der Waals surface area contributed by atoms with Crippen LogP contribution in [0.25, 0.3) is 0 Å². The summed E-state index contributed by atoms with van der Waals surface area (Å²) in [6.07, 6.45) is -0.0343. The Labute approximate surface area is 261 Å². The molecule has 43 heavy (non-hydrogen) atoms. The molecule has 2 atom stereocenters. The number of halogens is 2. The number of rotatable bonds is 13. The number of carbonyl (C=O) groups is 1. The molecule has 3 aromatic rings. The Balaban J connectivity index is 1.46. The molecule has 0 aromatic heterocycles. The second-order valence-corrected chi connectivity index (χ2v) is 11.3. The second-order valence-electron chi connectivity index (χ2n) is 10.5. The van der Waals surface area contributed by atoms with E-state index in [0.29, 0.717) is 65.6 Å². The molecule has 9 nitrogen and oxygen atoms in total. The molecule has 3 aromatic carbocycles. The summed E-state index contributed by atoms with van der Waals surface area (Å²) in [7, 11) is 0. The normalized spacial score (nSPS) is 20.3. The van der Waals surface area contributed by atoms with Crippen molar-refractivity contribution in [3.8, 4) is 5.75 Å². The third-order valence-corrected chi connectivity index (χ3v) is 8.01. The van der Waals surface area contributed by atoms with Crippen molar-refractivity contribution in [2.75, 3.05) is 52.6 Å². The van der Waals surface area contributed by atoms with Crippen LogP contribution in [-0.4, -0.2) is 80.0 Å². The van der Waals surface area contributed by atoms with Crippen molar-refractivity contribution >= 4 is 35.0 Å². The minimum Gasteiger partial charge on any atom is -0.494 e. The van der Waals surface area contributed by atoms with Crippen molar-refractivity contribution in [3.05, 3.63) is 99.5 Å². The first kappa shape index (κ1) is 31.3. The molecule has 1 saturated heterocycles. The van der Waals surface area contributed by atoms with Crippen LogP contribution in [0.3, 0.4) is 0 Å². The zero-order valence-electron chi connectivity index (χ0n) is 23.8. The van der Waals surface area contributed by atoms with Crippen LogP contribution in [0.2, 0.25) is 10.0 Å². The number of nitrogens with one attached hydrogen (secondary N) is 2. The Morgan fingerprint density at radius 3 is 2.56 bits per heavy atom. The van der Waals surface area contributed by atoms with Gasteiger partial charge in [-0.3, -0.25) is 15.1 Å². The highest BCUT2D eigenvalue weighted by Crippen LogP contribution is 2.45. The van der Waals surface area contributed by atoms with E-state index >= 15 is 0 Å². The van der Waals surface area contributed by atoms with Crippen LogP contribution in [-0.2, 0) is 20.7 Å². The predicted molar refractivity (Wildman–Crippen MR) is 167 cm³/mol. The fraction of sp³-hybridized carbons (Fsp3) is 0.375. The summed E-state index contributed by atoms with van der Waals surface area (Å²) in [5.74, 6) is 0.636. The molecular formula is C32H36Cl2N4O5. The van der Waals surface area contributed by atoms with Gasteiger partial charge in [0.2, 0.25) is 5.90 Å². The number of aliphatic hydroxyl groups excluding tert-OH is 1. The van der Waals surface area contributed by atoms with E-state index in [1.54, 1.807) is 18.2 Å². The molecule has 0 spiro atoms. The maximum absolute atomic E-state index is 14.3. The van der Waals surface area contributed by atoms with Gasteiger partial charge in [0.05, 0.1) is 19.8 Å². The lowest BCUT2D eigenvalue weighted by Gasteiger charge is -2.31. The first-order valence-electron chi connectivity index (χ1n) is 14.4. The summed E-state index contributed by atoms with van der Waals surface area (Å²) >= 11 is 13.0. The summed E-state index contributed by atoms with van der Waals surface area (Å²) in [4.78, 5) is 21.6. The lowest BCUT2D eigenvalue weighted by Crippen LogP contribution is -2.55. The second kappa shape index (κ2) is 15.0. The molecule has 3 N–H and O–H groups in total. The first-order chi connectivity index (χ1) is 21.0. The van der Waals surface area contributed by atoms with E-state index < -0.39 is 11.6 Å². The molecular weight excluding hydrogens is 591 g/mol. The molecule has 11 heteroatoms. The summed E-state index contributed by atoms with van der Waals surface area (Å²) in [5, 5.41) is 9.90. The smallest absolute Gasteiger partial charge is 0.266 e. The molecule has 1 amide bonds. The Kier molecular flexibility index (Phi) is 10.9. The van der Waals surface area contributed by atoms with Gasteiger partial charge in [0.25, 0.3) is 5.91 Å². The standard InChI is InChI=1S/C32H36Cl2N4O5/c33-25-9-12-27(28(34)21-25)29-32(22-23-5-2-1-3-6-23,31(40)37-35-13-14-38-15-19-41-20-16-38)36-30(43-29)24-7-10-26(11-8-24)42-18-4-17-39/h1-3,5-12,21,29,35,39H,4,13-20,22H2,(H,37,40)/t29-,32-/m0/s1. The highest BCUT2D eigenvalue weighted by molar-refractivity contribution is 6.35. The highest BCUT2D eigenvalue weighted by Gasteiger charge is 2.54. The minimum atomic E-state index is -1.39. The number of nitrogens with zero attached hydrogens (tertiary/aromatic N) is 2. The summed E-state index contributed by atoms with van der Waals surface area (Å²) in [5.41, 5.74) is 6.85. The number of amides is 1. The average Bonchev–Trinajstić information content (AvgIpc) is 3.40. The van der Waals surface area contributed by atoms with Crippen LogP contribution in [0, 0.1) is 0 Å². The van der Waals surface area contributed by atoms with Crippen molar-refractivity contribution in [1.82, 2.24) is 15.8 Å². The Bertz CT molecular complexity index is 1390. The molecule has 0 bridgehead atoms. The van der Waals surface area contributed by atoms with Gasteiger partial charge in [-0.2, -0.15) is 0 Å². The first-order valence-corrected chi connectivity index (χ1v) is 15.2. The van der Waals surface area contributed by atoms with E-state index in [2.05, 4.69) is 15.8 Å². The number of aliphatic imine (C=N–C) groups is 1. The van der Waals surface area contributed by atoms with E-state index in [-0.39, 0.29) is 18.9 Å². The Morgan fingerprint density at radius 2 is 1.84 bits per heavy atom. The van der Waals surface area contributed by atoms with E-state index in [0.717, 1.165) is 25.2 Å². The summed E-state index contributed by atoms with van der Waals surface area (Å²) in [6, 6.07) is 22.2. The van der Waals surface area contributed by atoms with Gasteiger partial charge in [-0.15, -0.1) is 0 Å². The monoisotopic (exact) mass is 626 g/mol. The van der Waals surface area contributed by atoms with Crippen molar-refractivity contribution in [1.29, 1.82) is 0 Å². The van der Waals surface area contributed by atoms with Gasteiger partial charge >= 0.3 is 0 Å². The van der Waals surface area contributed by atoms with Gasteiger partial charge < -0.3 is 19.3 Å². The average molecular weight is 628 g/mol. The minimum absolute atomic E-state index is 0.0605. The van der Waals surface area contributed by atoms with E-state index in [1.807, 2.05) is 54.6 Å². The Morgan fingerprint density at radius 1 is 1.07 bits per heavy atom. The van der Waals surface area contributed by atoms with Gasteiger partial charge in [-0.25, -0.2) is 10.4 Å². The highest BCUT2D eigenvalue weighted by atomic mass is 35.5. The number of ether oxygens (including phenoxy) is 3. The maximum atomic E-state index is 14.3. The third kappa shape index (κ3) is 7.86. The van der Waals surface area contributed by atoms with Gasteiger partial charge in [-0.1, -0.05) is 59.6 Å². The van der Waals surface area contributed by atoms with Crippen molar-refractivity contribution in [2.24, 2.45) is 4.99 Å². The number of hydrogen-bond donors (Lipinski definition) is 3. The number of hydrazine groups is 1. The zero-order chi connectivity index (χ0) is 30.1. The van der Waals surface area contributed by atoms with Crippen LogP contribution < -0.4 is 15.6 Å². The van der Waals surface area contributed by atoms with Crippen molar-refractivity contribution in [3.63, 3.8) is 0 Å². The number of aliphatic hydroxyl groups is 1. The van der Waals surface area contributed by atoms with Crippen LogP contribution in [0.5, 0.6) is 5.75 Å². The predicted octanol–water partition coefficient (Wildman–Crippen LogP) is 4.21. The van der Waals surface area contributed by atoms with Gasteiger partial charge in [-0.05, 0) is 42.0 Å². The lowest BCUT2D eigenvalue weighted by molar-refractivity contribution is -0.130. The SMILES string of the molecule is O=C(NNCCN1CCOCC1)[C@@]1(Cc2ccccc2)N=C(c2ccc(OCCCO)cc2)O[C@H]1c1ccc(Cl)cc1Cl. The quantitative estimate of drug-likeness (QED) is 0.193. The number of hydrogen-bond acceptors (Lipinski definition) is 8. The van der Waals surface area contributed by atoms with Crippen LogP contribution in [0.15, 0.2) is 77.8 Å². The maximum Gasteiger partial charge on any atom is 0.266 e. The van der Waals surface area contributed by atoms with Gasteiger partial charge in [0, 0.05) is 66.8 Å². The van der Waals surface area contributed by atoms with Crippen LogP contribution >= 0.6 is 23.2 Å². The molecule has 1 fully saturated rings. The largest absolute Gasteiger partial charge is 0.494 e. The summed E-state index contributed by atoms with van der Waals surface area (Å²) in [6.45, 7) is 4.92. The van der Waals surface area contributed by atoms with Gasteiger partial charge in [0.15, 0.2) is 11.6 Å². The number of benzene rings is 3. The fourth-order valence-electron chi connectivity index (χ4n) is 5.17. The topological polar surface area (TPSA) is 105 Å². The van der Waals surface area contributed by atoms with Gasteiger partial charge in [0.1, 0.15) is 5.75 Å². The van der Waals surface area contributed by atoms with Crippen LogP contribution in [0.1, 0.15) is 29.2 Å². The molecule has 0 unspecified atom stereocenters. The Hall–Kier alpha value is -3.18. The van der Waals surface area contributed by atoms with Crippen LogP contribution in [0.4, 0.5) is 0 Å². The third-order valence-electron chi connectivity index (χ3n) is 7.45. The van der Waals surface area contributed by atoms with E-state index in [4.69, 9.17) is 47.5 Å². The molecule has 228 valence electrons. The molecule has 0 aliphatic carbocycles. The number of morpholine rings is 1. The van der Waals surface area contributed by atoms with E-state index in [1.165, 1.54) is 0 Å². The lowest BCUT2D eigenvalue weighted by atomic mass is 9.82. The summed E-state index contributed by atoms with van der Waals surface area (Å²) < 4.78 is 17.7. The fourth-order valence-corrected chi connectivity index (χ4v) is 5.68. The molecule has 2 aliphatic heterocycles. The molecule has 2 aliphatic rings.